The first-order valence-electron chi connectivity index (χ1n) is 5.75. The Kier molecular flexibility index (Phi) is 1.98. The van der Waals surface area contributed by atoms with E-state index in [-0.39, 0.29) is 24.1 Å². The van der Waals surface area contributed by atoms with Gasteiger partial charge in [-0.2, -0.15) is 0 Å². The van der Waals surface area contributed by atoms with Gasteiger partial charge in [-0.25, -0.2) is 4.79 Å². The van der Waals surface area contributed by atoms with Crippen molar-refractivity contribution in [1.29, 1.82) is 0 Å². The smallest absolute Gasteiger partial charge is 0.333 e. The maximum absolute atomic E-state index is 11.5. The Bertz CT molecular complexity index is 360. The summed E-state index contributed by atoms with van der Waals surface area (Å²) in [5.41, 5.74) is 0.413. The van der Waals surface area contributed by atoms with E-state index in [4.69, 9.17) is 9.47 Å². The molecule has 4 nitrogen and oxygen atoms in total. The van der Waals surface area contributed by atoms with Gasteiger partial charge in [-0.3, -0.25) is 0 Å². The van der Waals surface area contributed by atoms with Crippen LogP contribution >= 0.6 is 0 Å². The molecule has 4 fully saturated rings. The Balaban J connectivity index is 1.76. The van der Waals surface area contributed by atoms with Crippen LogP contribution in [-0.4, -0.2) is 29.1 Å². The summed E-state index contributed by atoms with van der Waals surface area (Å²) in [4.78, 5) is 11.5. The molecule has 0 aromatic carbocycles. The summed E-state index contributed by atoms with van der Waals surface area (Å²) < 4.78 is 11.0. The minimum absolute atomic E-state index is 0.105. The van der Waals surface area contributed by atoms with Gasteiger partial charge in [0.1, 0.15) is 12.2 Å². The van der Waals surface area contributed by atoms with Crippen LogP contribution in [0.15, 0.2) is 12.2 Å². The molecule has 4 rings (SSSR count). The van der Waals surface area contributed by atoms with Gasteiger partial charge in [0.05, 0.1) is 0 Å². The summed E-state index contributed by atoms with van der Waals surface area (Å²) in [6.07, 6.45) is 1.99. The average molecular weight is 224 g/mol. The van der Waals surface area contributed by atoms with E-state index in [1.807, 2.05) is 0 Å². The molecule has 4 bridgehead atoms. The van der Waals surface area contributed by atoms with Crippen LogP contribution in [0, 0.1) is 11.8 Å². The Labute approximate surface area is 94.2 Å². The third kappa shape index (κ3) is 1.33. The van der Waals surface area contributed by atoms with Crippen LogP contribution in [0.4, 0.5) is 0 Å². The van der Waals surface area contributed by atoms with E-state index >= 15 is 0 Å². The van der Waals surface area contributed by atoms with Crippen molar-refractivity contribution < 1.29 is 19.4 Å². The van der Waals surface area contributed by atoms with E-state index in [9.17, 15) is 9.90 Å². The molecular formula is C12H16O4. The third-order valence-electron chi connectivity index (χ3n) is 3.97. The zero-order chi connectivity index (χ0) is 11.5. The molecule has 16 heavy (non-hydrogen) atoms. The van der Waals surface area contributed by atoms with Gasteiger partial charge in [0, 0.05) is 24.3 Å². The van der Waals surface area contributed by atoms with Crippen molar-refractivity contribution in [3.05, 3.63) is 12.2 Å². The fraction of sp³-hybridized carbons (Fsp3) is 0.750. The maximum Gasteiger partial charge on any atom is 0.333 e. The summed E-state index contributed by atoms with van der Waals surface area (Å²) in [5.74, 6) is -0.682. The van der Waals surface area contributed by atoms with Gasteiger partial charge in [-0.1, -0.05) is 6.58 Å². The lowest BCUT2D eigenvalue weighted by Crippen LogP contribution is -2.45. The van der Waals surface area contributed by atoms with Crippen LogP contribution in [0.25, 0.3) is 0 Å². The van der Waals surface area contributed by atoms with Crippen molar-refractivity contribution in [3.8, 4) is 0 Å². The molecule has 2 aliphatic heterocycles. The van der Waals surface area contributed by atoms with Gasteiger partial charge >= 0.3 is 5.97 Å². The van der Waals surface area contributed by atoms with Crippen LogP contribution in [0.2, 0.25) is 0 Å². The van der Waals surface area contributed by atoms with E-state index in [0.717, 1.165) is 6.42 Å². The molecule has 4 heteroatoms. The van der Waals surface area contributed by atoms with Crippen LogP contribution in [-0.2, 0) is 14.3 Å². The molecule has 0 aromatic heterocycles. The second kappa shape index (κ2) is 3.08. The zero-order valence-corrected chi connectivity index (χ0v) is 9.31. The first kappa shape index (κ1) is 10.3. The fourth-order valence-electron chi connectivity index (χ4n) is 3.40. The quantitative estimate of drug-likeness (QED) is 0.561. The normalized spacial score (nSPS) is 48.4. The standard InChI is InChI=1S/C12H16O4/c1-6(2)11(13)15-9-7-3-8-5-12(14,4-7)16-10(8)9/h7-10,14H,1,3-5H2,2H3. The highest BCUT2D eigenvalue weighted by Gasteiger charge is 2.63. The molecule has 2 aliphatic carbocycles. The van der Waals surface area contributed by atoms with Gasteiger partial charge in [-0.05, 0) is 19.3 Å². The van der Waals surface area contributed by atoms with Gasteiger partial charge in [0.15, 0.2) is 5.79 Å². The van der Waals surface area contributed by atoms with Crippen molar-refractivity contribution in [3.63, 3.8) is 0 Å². The summed E-state index contributed by atoms with van der Waals surface area (Å²) in [6, 6.07) is 0. The summed E-state index contributed by atoms with van der Waals surface area (Å²) in [5, 5.41) is 10.0. The highest BCUT2D eigenvalue weighted by Crippen LogP contribution is 2.56. The van der Waals surface area contributed by atoms with Crippen molar-refractivity contribution in [2.45, 2.75) is 44.2 Å². The first-order valence-corrected chi connectivity index (χ1v) is 5.75. The minimum atomic E-state index is -0.940. The summed E-state index contributed by atoms with van der Waals surface area (Å²) in [6.45, 7) is 5.21. The van der Waals surface area contributed by atoms with Crippen LogP contribution in [0.3, 0.4) is 0 Å². The predicted octanol–water partition coefficient (Wildman–Crippen LogP) is 0.992. The van der Waals surface area contributed by atoms with Crippen molar-refractivity contribution >= 4 is 5.97 Å². The molecule has 0 radical (unpaired) electrons. The summed E-state index contributed by atoms with van der Waals surface area (Å²) in [7, 11) is 0. The number of hydrogen-bond donors (Lipinski definition) is 1. The van der Waals surface area contributed by atoms with Crippen molar-refractivity contribution in [2.24, 2.45) is 11.8 Å². The molecule has 88 valence electrons. The van der Waals surface area contributed by atoms with Gasteiger partial charge in [0.2, 0.25) is 0 Å². The molecule has 0 amide bonds. The fourth-order valence-corrected chi connectivity index (χ4v) is 3.40. The molecule has 5 atom stereocenters. The van der Waals surface area contributed by atoms with Crippen LogP contribution in [0.5, 0.6) is 0 Å². The number of rotatable bonds is 2. The minimum Gasteiger partial charge on any atom is -0.456 e. The predicted molar refractivity (Wildman–Crippen MR) is 55.3 cm³/mol. The molecule has 5 unspecified atom stereocenters. The first-order chi connectivity index (χ1) is 7.48. The van der Waals surface area contributed by atoms with Crippen LogP contribution < -0.4 is 0 Å². The SMILES string of the molecule is C=C(C)C(=O)OC1C2CC3CC(O)(C2)OC31. The largest absolute Gasteiger partial charge is 0.456 e. The number of ether oxygens (including phenoxy) is 2. The molecule has 1 N–H and O–H groups in total. The summed E-state index contributed by atoms with van der Waals surface area (Å²) >= 11 is 0. The highest BCUT2D eigenvalue weighted by molar-refractivity contribution is 5.87. The molecule has 2 saturated carbocycles. The maximum atomic E-state index is 11.5. The molecule has 2 saturated heterocycles. The Morgan fingerprint density at radius 3 is 2.81 bits per heavy atom. The van der Waals surface area contributed by atoms with Crippen molar-refractivity contribution in [2.75, 3.05) is 0 Å². The Morgan fingerprint density at radius 1 is 1.50 bits per heavy atom. The van der Waals surface area contributed by atoms with E-state index < -0.39 is 5.79 Å². The monoisotopic (exact) mass is 224 g/mol. The van der Waals surface area contributed by atoms with E-state index in [1.165, 1.54) is 0 Å². The second-order valence-corrected chi connectivity index (χ2v) is 5.34. The average Bonchev–Trinajstić information content (AvgIpc) is 2.55. The molecule has 0 spiro atoms. The molecular weight excluding hydrogens is 208 g/mol. The number of esters is 1. The molecule has 0 aromatic rings. The number of carbonyl (C=O) groups is 1. The topological polar surface area (TPSA) is 55.8 Å². The van der Waals surface area contributed by atoms with E-state index in [0.29, 0.717) is 24.3 Å². The van der Waals surface area contributed by atoms with Crippen molar-refractivity contribution in [1.82, 2.24) is 0 Å². The highest BCUT2D eigenvalue weighted by atomic mass is 16.7. The van der Waals surface area contributed by atoms with Gasteiger partial charge in [-0.15, -0.1) is 0 Å². The third-order valence-corrected chi connectivity index (χ3v) is 3.97. The number of hydrogen-bond acceptors (Lipinski definition) is 4. The van der Waals surface area contributed by atoms with Gasteiger partial charge in [0.25, 0.3) is 0 Å². The Morgan fingerprint density at radius 2 is 2.19 bits per heavy atom. The van der Waals surface area contributed by atoms with Crippen LogP contribution in [0.1, 0.15) is 26.2 Å². The lowest BCUT2D eigenvalue weighted by molar-refractivity contribution is -0.251. The van der Waals surface area contributed by atoms with E-state index in [2.05, 4.69) is 6.58 Å². The number of aliphatic hydroxyl groups is 1. The van der Waals surface area contributed by atoms with Gasteiger partial charge < -0.3 is 14.6 Å². The lowest BCUT2D eigenvalue weighted by Gasteiger charge is -2.37. The Hall–Kier alpha value is -0.870. The number of carbonyl (C=O) groups excluding carboxylic acids is 1. The molecule has 4 aliphatic rings. The second-order valence-electron chi connectivity index (χ2n) is 5.34. The zero-order valence-electron chi connectivity index (χ0n) is 9.31. The van der Waals surface area contributed by atoms with E-state index in [1.54, 1.807) is 6.92 Å². The molecule has 2 heterocycles. The lowest BCUT2D eigenvalue weighted by atomic mass is 9.85.